The maximum Gasteiger partial charge on any atom is 0.305 e. The molecular formula is C23H25N5O4S2. The molecule has 1 aromatic carbocycles. The fourth-order valence-corrected chi connectivity index (χ4v) is 5.72. The zero-order chi connectivity index (χ0) is 23.9. The number of anilines is 1. The normalized spacial score (nSPS) is 14.8. The van der Waals surface area contributed by atoms with Crippen molar-refractivity contribution in [3.05, 3.63) is 34.7 Å². The van der Waals surface area contributed by atoms with Gasteiger partial charge in [-0.15, -0.1) is 21.5 Å². The fraction of sp³-hybridized carbons (Fsp3) is 0.391. The van der Waals surface area contributed by atoms with E-state index in [4.69, 9.17) is 19.2 Å². The molecule has 1 aliphatic rings. The minimum Gasteiger partial charge on any atom is -0.497 e. The van der Waals surface area contributed by atoms with Crippen LogP contribution in [0.15, 0.2) is 29.4 Å². The second kappa shape index (κ2) is 9.05. The molecule has 0 bridgehead atoms. The molecule has 0 unspecified atom stereocenters. The highest BCUT2D eigenvalue weighted by atomic mass is 32.2. The van der Waals surface area contributed by atoms with Crippen LogP contribution in [0, 0.1) is 0 Å². The molecule has 4 heterocycles. The molecule has 5 rings (SSSR count). The number of thiophene rings is 1. The Hall–Kier alpha value is -2.89. The molecule has 0 saturated heterocycles. The van der Waals surface area contributed by atoms with Crippen molar-refractivity contribution in [2.24, 2.45) is 0 Å². The van der Waals surface area contributed by atoms with Crippen LogP contribution >= 0.6 is 23.1 Å². The van der Waals surface area contributed by atoms with Crippen LogP contribution in [-0.2, 0) is 22.6 Å². The first-order valence-electron chi connectivity index (χ1n) is 10.9. The number of hydrogen-bond donors (Lipinski definition) is 1. The largest absolute Gasteiger partial charge is 0.497 e. The Bertz CT molecular complexity index is 1360. The van der Waals surface area contributed by atoms with Gasteiger partial charge in [0.1, 0.15) is 10.6 Å². The van der Waals surface area contributed by atoms with Crippen molar-refractivity contribution in [1.82, 2.24) is 19.6 Å². The highest BCUT2D eigenvalue weighted by Gasteiger charge is 2.32. The number of fused-ring (bicyclic) bond motifs is 5. The van der Waals surface area contributed by atoms with E-state index in [1.54, 1.807) is 42.7 Å². The molecule has 0 radical (unpaired) electrons. The maximum absolute atomic E-state index is 12.6. The van der Waals surface area contributed by atoms with Crippen molar-refractivity contribution in [2.45, 2.75) is 44.6 Å². The predicted octanol–water partition coefficient (Wildman–Crippen LogP) is 4.33. The molecule has 0 fully saturated rings. The molecule has 0 aliphatic carbocycles. The second-order valence-corrected chi connectivity index (χ2v) is 10.5. The van der Waals surface area contributed by atoms with Crippen molar-refractivity contribution >= 4 is 50.6 Å². The van der Waals surface area contributed by atoms with Crippen LogP contribution in [0.2, 0.25) is 0 Å². The van der Waals surface area contributed by atoms with Crippen LogP contribution in [0.1, 0.15) is 31.2 Å². The summed E-state index contributed by atoms with van der Waals surface area (Å²) in [5.41, 5.74) is 2.35. The third-order valence-electron chi connectivity index (χ3n) is 5.49. The number of ether oxygens (including phenoxy) is 3. The molecule has 1 N–H and O–H groups in total. The van der Waals surface area contributed by atoms with E-state index in [2.05, 4.69) is 29.4 Å². The zero-order valence-electron chi connectivity index (χ0n) is 19.4. The van der Waals surface area contributed by atoms with Crippen LogP contribution in [0.4, 0.5) is 5.69 Å². The molecule has 1 aliphatic heterocycles. The summed E-state index contributed by atoms with van der Waals surface area (Å²) < 4.78 is 18.8. The third kappa shape index (κ3) is 4.30. The van der Waals surface area contributed by atoms with E-state index in [1.165, 1.54) is 17.3 Å². The van der Waals surface area contributed by atoms with E-state index < -0.39 is 0 Å². The smallest absolute Gasteiger partial charge is 0.305 e. The number of nitrogens with zero attached hydrogens (tertiary/aromatic N) is 4. The molecule has 4 aromatic rings. The van der Waals surface area contributed by atoms with Gasteiger partial charge in [0.25, 0.3) is 0 Å². The van der Waals surface area contributed by atoms with Crippen LogP contribution in [-0.4, -0.2) is 50.6 Å². The molecule has 34 heavy (non-hydrogen) atoms. The van der Waals surface area contributed by atoms with Gasteiger partial charge < -0.3 is 19.5 Å². The molecular weight excluding hydrogens is 474 g/mol. The Balaban J connectivity index is 1.45. The van der Waals surface area contributed by atoms with Crippen LogP contribution in [0.25, 0.3) is 15.9 Å². The zero-order valence-corrected chi connectivity index (χ0v) is 21.0. The van der Waals surface area contributed by atoms with Gasteiger partial charge in [0.05, 0.1) is 37.1 Å². The summed E-state index contributed by atoms with van der Waals surface area (Å²) in [4.78, 5) is 19.4. The van der Waals surface area contributed by atoms with Gasteiger partial charge >= 0.3 is 6.01 Å². The average molecular weight is 500 g/mol. The van der Waals surface area contributed by atoms with Gasteiger partial charge in [0, 0.05) is 17.0 Å². The van der Waals surface area contributed by atoms with E-state index in [1.807, 2.05) is 11.3 Å². The van der Waals surface area contributed by atoms with Gasteiger partial charge in [-0.05, 0) is 50.6 Å². The summed E-state index contributed by atoms with van der Waals surface area (Å²) in [7, 11) is 1.60. The number of carbonyl (C=O) groups excluding carboxylic acids is 1. The summed E-state index contributed by atoms with van der Waals surface area (Å²) in [6.45, 7) is 7.10. The minimum atomic E-state index is -0.256. The van der Waals surface area contributed by atoms with Crippen molar-refractivity contribution in [3.8, 4) is 11.8 Å². The lowest BCUT2D eigenvalue weighted by Gasteiger charge is -2.30. The van der Waals surface area contributed by atoms with Crippen molar-refractivity contribution < 1.29 is 19.0 Å². The summed E-state index contributed by atoms with van der Waals surface area (Å²) >= 11 is 2.90. The molecule has 1 amide bonds. The van der Waals surface area contributed by atoms with E-state index in [0.717, 1.165) is 27.3 Å². The monoisotopic (exact) mass is 499 g/mol. The van der Waals surface area contributed by atoms with Crippen molar-refractivity contribution in [2.75, 3.05) is 24.8 Å². The van der Waals surface area contributed by atoms with E-state index in [9.17, 15) is 4.79 Å². The number of hydrogen-bond acceptors (Lipinski definition) is 9. The molecule has 11 heteroatoms. The van der Waals surface area contributed by atoms with Crippen LogP contribution in [0.5, 0.6) is 11.8 Å². The van der Waals surface area contributed by atoms with Gasteiger partial charge in [0.15, 0.2) is 10.8 Å². The maximum atomic E-state index is 12.6. The Labute approximate surface area is 204 Å². The van der Waals surface area contributed by atoms with Gasteiger partial charge in [-0.25, -0.2) is 4.40 Å². The van der Waals surface area contributed by atoms with Gasteiger partial charge in [-0.1, -0.05) is 11.8 Å². The quantitative estimate of drug-likeness (QED) is 0.375. The Kier molecular flexibility index (Phi) is 6.09. The van der Waals surface area contributed by atoms with E-state index in [-0.39, 0.29) is 17.3 Å². The number of carbonyl (C=O) groups is 1. The first kappa shape index (κ1) is 22.9. The summed E-state index contributed by atoms with van der Waals surface area (Å²) in [6.07, 6.45) is 0.771. The number of rotatable bonds is 7. The topological polar surface area (TPSA) is 99.9 Å². The number of aromatic nitrogens is 4. The van der Waals surface area contributed by atoms with Crippen LogP contribution in [0.3, 0.4) is 0 Å². The third-order valence-corrected chi connectivity index (χ3v) is 7.52. The van der Waals surface area contributed by atoms with Gasteiger partial charge in [-0.3, -0.25) is 4.79 Å². The first-order valence-corrected chi connectivity index (χ1v) is 12.7. The number of amides is 1. The fourth-order valence-electron chi connectivity index (χ4n) is 3.91. The van der Waals surface area contributed by atoms with Gasteiger partial charge in [0.2, 0.25) is 5.91 Å². The van der Waals surface area contributed by atoms with Crippen molar-refractivity contribution in [1.29, 1.82) is 0 Å². The second-order valence-electron chi connectivity index (χ2n) is 8.44. The average Bonchev–Trinajstić information content (AvgIpc) is 3.39. The Morgan fingerprint density at radius 2 is 2.09 bits per heavy atom. The number of nitrogens with one attached hydrogen (secondary N) is 1. The number of methoxy groups -OCH3 is 1. The molecule has 9 nitrogen and oxygen atoms in total. The van der Waals surface area contributed by atoms with Crippen LogP contribution < -0.4 is 14.8 Å². The summed E-state index contributed by atoms with van der Waals surface area (Å²) in [5.74, 6) is 0.750. The number of thioether (sulfide) groups is 1. The molecule has 0 saturated carbocycles. The lowest BCUT2D eigenvalue weighted by molar-refractivity contribution is -0.113. The van der Waals surface area contributed by atoms with E-state index >= 15 is 0 Å². The predicted molar refractivity (Wildman–Crippen MR) is 132 cm³/mol. The molecule has 178 valence electrons. The minimum absolute atomic E-state index is 0.147. The summed E-state index contributed by atoms with van der Waals surface area (Å²) in [5, 5.41) is 13.3. The molecule has 0 atom stereocenters. The first-order chi connectivity index (χ1) is 16.4. The van der Waals surface area contributed by atoms with E-state index in [0.29, 0.717) is 35.7 Å². The van der Waals surface area contributed by atoms with Crippen molar-refractivity contribution in [3.63, 3.8) is 0 Å². The highest BCUT2D eigenvalue weighted by molar-refractivity contribution is 7.99. The SMILES string of the molecule is CCOc1nc2sc3c(c2c2nnc(SCC(=O)Nc4ccc(OC)cc4)n12)CC(C)(C)OC3. The highest BCUT2D eigenvalue weighted by Crippen LogP contribution is 2.41. The number of benzene rings is 1. The molecule has 0 spiro atoms. The standard InChI is InChI=1S/C23H25N5O4S2/c1-5-31-21-25-20-18(15-10-23(2,3)32-11-16(15)34-20)19-26-27-22(28(19)21)33-12-17(29)24-13-6-8-14(30-4)9-7-13/h6-9H,5,10-12H2,1-4H3,(H,24,29). The van der Waals surface area contributed by atoms with Gasteiger partial charge in [-0.2, -0.15) is 4.98 Å². The summed E-state index contributed by atoms with van der Waals surface area (Å²) in [6, 6.07) is 7.62. The lowest BCUT2D eigenvalue weighted by atomic mass is 9.94. The lowest BCUT2D eigenvalue weighted by Crippen LogP contribution is -2.31. The molecule has 3 aromatic heterocycles. The Morgan fingerprint density at radius 3 is 2.82 bits per heavy atom. The Morgan fingerprint density at radius 1 is 1.29 bits per heavy atom.